The lowest BCUT2D eigenvalue weighted by Gasteiger charge is -2.11. The largest absolute Gasteiger partial charge is 0.265 e. The molecule has 0 atom stereocenters. The fourth-order valence-electron chi connectivity index (χ4n) is 1.81. The van der Waals surface area contributed by atoms with E-state index in [0.29, 0.717) is 0 Å². The number of hydrogen-bond acceptors (Lipinski definition) is 4. The molecule has 0 aromatic heterocycles. The molecular formula is C13H17NO3S. The molecule has 98 valence electrons. The Bertz CT molecular complexity index is 588. The number of aryl methyl sites for hydroxylation is 1. The summed E-state index contributed by atoms with van der Waals surface area (Å²) in [6, 6.07) is 7.48. The third-order valence-electron chi connectivity index (χ3n) is 2.67. The van der Waals surface area contributed by atoms with Crippen LogP contribution in [0.25, 0.3) is 0 Å². The van der Waals surface area contributed by atoms with Crippen molar-refractivity contribution in [3.63, 3.8) is 0 Å². The Hall–Kier alpha value is -1.33. The van der Waals surface area contributed by atoms with E-state index >= 15 is 0 Å². The molecule has 1 aliphatic rings. The highest BCUT2D eigenvalue weighted by Crippen LogP contribution is 2.24. The summed E-state index contributed by atoms with van der Waals surface area (Å²) in [5.74, 6) is -0.0209. The van der Waals surface area contributed by atoms with E-state index in [2.05, 4.69) is 5.48 Å². The van der Waals surface area contributed by atoms with Crippen molar-refractivity contribution in [2.45, 2.75) is 32.1 Å². The Balaban J connectivity index is 2.24. The van der Waals surface area contributed by atoms with Crippen LogP contribution in [0.15, 0.2) is 35.4 Å². The van der Waals surface area contributed by atoms with Crippen molar-refractivity contribution in [2.75, 3.05) is 0 Å². The average Bonchev–Trinajstić information content (AvgIpc) is 2.59. The maximum atomic E-state index is 12.2. The molecular weight excluding hydrogens is 250 g/mol. The summed E-state index contributed by atoms with van der Waals surface area (Å²) < 4.78 is 24.4. The molecule has 0 saturated carbocycles. The molecule has 0 spiro atoms. The van der Waals surface area contributed by atoms with Gasteiger partial charge < -0.3 is 0 Å². The van der Waals surface area contributed by atoms with Gasteiger partial charge in [-0.05, 0) is 32.4 Å². The molecule has 0 aliphatic carbocycles. The summed E-state index contributed by atoms with van der Waals surface area (Å²) in [5.41, 5.74) is 3.74. The van der Waals surface area contributed by atoms with Gasteiger partial charge in [-0.3, -0.25) is 10.3 Å². The number of nitrogens with one attached hydrogen (secondary N) is 1. The van der Waals surface area contributed by atoms with Gasteiger partial charge in [-0.2, -0.15) is 0 Å². The molecule has 0 bridgehead atoms. The lowest BCUT2D eigenvalue weighted by atomic mass is 10.1. The molecule has 1 aromatic rings. The van der Waals surface area contributed by atoms with E-state index in [1.807, 2.05) is 31.2 Å². The Morgan fingerprint density at radius 2 is 2.06 bits per heavy atom. The Kier molecular flexibility index (Phi) is 3.21. The number of rotatable bonds is 3. The third-order valence-corrected chi connectivity index (χ3v) is 4.25. The molecule has 0 fully saturated rings. The van der Waals surface area contributed by atoms with Gasteiger partial charge in [-0.25, -0.2) is 8.42 Å². The SMILES string of the molecule is Cc1cccc(CS(=O)(=O)C2=CC(C)(C)ON2)c1. The molecule has 1 aromatic carbocycles. The van der Waals surface area contributed by atoms with Crippen LogP contribution < -0.4 is 5.48 Å². The highest BCUT2D eigenvalue weighted by Gasteiger charge is 2.31. The van der Waals surface area contributed by atoms with Gasteiger partial charge in [0.15, 0.2) is 14.9 Å². The van der Waals surface area contributed by atoms with Gasteiger partial charge in [0.1, 0.15) is 5.60 Å². The maximum Gasteiger partial charge on any atom is 0.199 e. The summed E-state index contributed by atoms with van der Waals surface area (Å²) in [7, 11) is -3.38. The van der Waals surface area contributed by atoms with Crippen LogP contribution >= 0.6 is 0 Å². The molecule has 0 amide bonds. The Morgan fingerprint density at radius 1 is 1.33 bits per heavy atom. The quantitative estimate of drug-likeness (QED) is 0.911. The average molecular weight is 267 g/mol. The van der Waals surface area contributed by atoms with Crippen LogP contribution in [-0.2, 0) is 20.4 Å². The molecule has 1 heterocycles. The molecule has 1 aliphatic heterocycles. The number of hydroxylamine groups is 1. The lowest BCUT2D eigenvalue weighted by Crippen LogP contribution is -2.22. The molecule has 2 rings (SSSR count). The van der Waals surface area contributed by atoms with E-state index < -0.39 is 15.4 Å². The number of sulfone groups is 1. The van der Waals surface area contributed by atoms with Crippen molar-refractivity contribution >= 4 is 9.84 Å². The van der Waals surface area contributed by atoms with Crippen LogP contribution in [-0.4, -0.2) is 14.0 Å². The number of hydrogen-bond donors (Lipinski definition) is 1. The van der Waals surface area contributed by atoms with E-state index in [-0.39, 0.29) is 10.8 Å². The predicted octanol–water partition coefficient (Wildman–Crippen LogP) is 2.06. The minimum Gasteiger partial charge on any atom is -0.265 e. The van der Waals surface area contributed by atoms with Crippen molar-refractivity contribution < 1.29 is 13.3 Å². The monoisotopic (exact) mass is 267 g/mol. The van der Waals surface area contributed by atoms with Crippen LogP contribution in [0.1, 0.15) is 25.0 Å². The van der Waals surface area contributed by atoms with E-state index in [1.54, 1.807) is 19.9 Å². The van der Waals surface area contributed by atoms with Crippen LogP contribution in [0, 0.1) is 6.92 Å². The Labute approximate surface area is 108 Å². The first-order valence-corrected chi connectivity index (χ1v) is 7.39. The summed E-state index contributed by atoms with van der Waals surface area (Å²) >= 11 is 0. The highest BCUT2D eigenvalue weighted by atomic mass is 32.2. The second-order valence-corrected chi connectivity index (χ2v) is 7.02. The highest BCUT2D eigenvalue weighted by molar-refractivity contribution is 7.94. The first-order chi connectivity index (χ1) is 8.28. The van der Waals surface area contributed by atoms with Gasteiger partial charge in [0.25, 0.3) is 0 Å². The molecule has 1 N–H and O–H groups in total. The van der Waals surface area contributed by atoms with Gasteiger partial charge >= 0.3 is 0 Å². The fraction of sp³-hybridized carbons (Fsp3) is 0.385. The zero-order valence-electron chi connectivity index (χ0n) is 10.7. The van der Waals surface area contributed by atoms with Gasteiger partial charge in [-0.15, -0.1) is 0 Å². The van der Waals surface area contributed by atoms with E-state index in [1.165, 1.54) is 0 Å². The topological polar surface area (TPSA) is 55.4 Å². The normalized spacial score (nSPS) is 18.3. The third kappa shape index (κ3) is 2.91. The van der Waals surface area contributed by atoms with Crippen LogP contribution in [0.4, 0.5) is 0 Å². The molecule has 0 saturated heterocycles. The maximum absolute atomic E-state index is 12.2. The van der Waals surface area contributed by atoms with Gasteiger partial charge in [-0.1, -0.05) is 29.8 Å². The summed E-state index contributed by atoms with van der Waals surface area (Å²) in [5, 5.41) is 0.147. The first kappa shape index (κ1) is 13.1. The molecule has 4 nitrogen and oxygen atoms in total. The van der Waals surface area contributed by atoms with Gasteiger partial charge in [0, 0.05) is 0 Å². The van der Waals surface area contributed by atoms with Crippen molar-refractivity contribution in [2.24, 2.45) is 0 Å². The molecule has 5 heteroatoms. The van der Waals surface area contributed by atoms with E-state index in [9.17, 15) is 8.42 Å². The van der Waals surface area contributed by atoms with Gasteiger partial charge in [0.05, 0.1) is 5.75 Å². The van der Waals surface area contributed by atoms with Crippen molar-refractivity contribution in [3.8, 4) is 0 Å². The van der Waals surface area contributed by atoms with Crippen molar-refractivity contribution in [1.29, 1.82) is 0 Å². The molecule has 18 heavy (non-hydrogen) atoms. The minimum atomic E-state index is -3.38. The zero-order valence-corrected chi connectivity index (χ0v) is 11.5. The second kappa shape index (κ2) is 4.40. The zero-order chi connectivity index (χ0) is 13.4. The molecule has 0 radical (unpaired) electrons. The predicted molar refractivity (Wildman–Crippen MR) is 70.2 cm³/mol. The number of benzene rings is 1. The van der Waals surface area contributed by atoms with Crippen LogP contribution in [0.5, 0.6) is 0 Å². The molecule has 0 unspecified atom stereocenters. The van der Waals surface area contributed by atoms with Gasteiger partial charge in [0.2, 0.25) is 0 Å². The summed E-state index contributed by atoms with van der Waals surface area (Å²) in [6.45, 7) is 5.54. The Morgan fingerprint density at radius 3 is 2.61 bits per heavy atom. The first-order valence-electron chi connectivity index (χ1n) is 5.74. The summed E-state index contributed by atoms with van der Waals surface area (Å²) in [6.07, 6.45) is 1.60. The van der Waals surface area contributed by atoms with Crippen LogP contribution in [0.3, 0.4) is 0 Å². The van der Waals surface area contributed by atoms with Crippen molar-refractivity contribution in [3.05, 3.63) is 46.5 Å². The van der Waals surface area contributed by atoms with E-state index in [0.717, 1.165) is 11.1 Å². The smallest absolute Gasteiger partial charge is 0.199 e. The minimum absolute atomic E-state index is 0.0209. The lowest BCUT2D eigenvalue weighted by molar-refractivity contribution is -0.0129. The van der Waals surface area contributed by atoms with Crippen LogP contribution in [0.2, 0.25) is 0 Å². The standard InChI is InChI=1S/C13H17NO3S/c1-10-5-4-6-11(7-10)9-18(15,16)12-8-13(2,3)17-14-12/h4-8,14H,9H2,1-3H3. The van der Waals surface area contributed by atoms with E-state index in [4.69, 9.17) is 4.84 Å². The van der Waals surface area contributed by atoms with Crippen molar-refractivity contribution in [1.82, 2.24) is 5.48 Å². The summed E-state index contributed by atoms with van der Waals surface area (Å²) in [4.78, 5) is 5.18. The second-order valence-electron chi connectivity index (χ2n) is 5.06. The fourth-order valence-corrected chi connectivity index (χ4v) is 3.21.